The Morgan fingerprint density at radius 1 is 1.33 bits per heavy atom. The van der Waals surface area contributed by atoms with Gasteiger partial charge in [0.15, 0.2) is 0 Å². The van der Waals surface area contributed by atoms with E-state index in [1.165, 1.54) is 7.11 Å². The number of esters is 1. The fourth-order valence-electron chi connectivity index (χ4n) is 1.14. The second-order valence-electron chi connectivity index (χ2n) is 3.57. The van der Waals surface area contributed by atoms with Crippen LogP contribution < -0.4 is 5.32 Å². The van der Waals surface area contributed by atoms with E-state index in [0.717, 1.165) is 0 Å². The number of methoxy groups -OCH3 is 1. The summed E-state index contributed by atoms with van der Waals surface area (Å²) in [6.07, 6.45) is -0.0561. The van der Waals surface area contributed by atoms with Crippen molar-refractivity contribution in [3.63, 3.8) is 0 Å². The van der Waals surface area contributed by atoms with Crippen LogP contribution >= 0.6 is 0 Å². The lowest BCUT2D eigenvalue weighted by molar-refractivity contribution is -0.143. The summed E-state index contributed by atoms with van der Waals surface area (Å²) in [6, 6.07) is -0.631. The van der Waals surface area contributed by atoms with Crippen LogP contribution in [0.15, 0.2) is 0 Å². The number of nitrogens with one attached hydrogen (secondary N) is 1. The molecule has 0 saturated carbocycles. The molecule has 0 aromatic rings. The van der Waals surface area contributed by atoms with Crippen LogP contribution in [0.3, 0.4) is 0 Å². The van der Waals surface area contributed by atoms with Gasteiger partial charge in [0, 0.05) is 0 Å². The van der Waals surface area contributed by atoms with Crippen LogP contribution in [0.5, 0.6) is 0 Å². The molecule has 0 bridgehead atoms. The van der Waals surface area contributed by atoms with Gasteiger partial charge >= 0.3 is 12.1 Å². The van der Waals surface area contributed by atoms with Crippen molar-refractivity contribution in [1.29, 1.82) is 0 Å². The number of carbonyl (C=O) groups excluding carboxylic acids is 2. The summed E-state index contributed by atoms with van der Waals surface area (Å²) in [6.45, 7) is 5.90. The molecular formula is C10H19NO4. The molecule has 88 valence electrons. The molecule has 0 spiro atoms. The Balaban J connectivity index is 4.24. The summed E-state index contributed by atoms with van der Waals surface area (Å²) in [5.41, 5.74) is 0. The third-order valence-electron chi connectivity index (χ3n) is 1.76. The third kappa shape index (κ3) is 5.93. The van der Waals surface area contributed by atoms with Gasteiger partial charge < -0.3 is 14.8 Å². The van der Waals surface area contributed by atoms with Crippen LogP contribution in [0, 0.1) is 5.92 Å². The predicted molar refractivity (Wildman–Crippen MR) is 55.4 cm³/mol. The van der Waals surface area contributed by atoms with Gasteiger partial charge in [-0.2, -0.15) is 0 Å². The summed E-state index contributed by atoms with van der Waals surface area (Å²) in [5, 5.41) is 2.46. The Bertz CT molecular complexity index is 215. The van der Waals surface area contributed by atoms with Crippen molar-refractivity contribution in [3.8, 4) is 0 Å². The first kappa shape index (κ1) is 13.7. The first-order valence-electron chi connectivity index (χ1n) is 5.02. The zero-order chi connectivity index (χ0) is 11.8. The lowest BCUT2D eigenvalue weighted by Crippen LogP contribution is -2.42. The summed E-state index contributed by atoms with van der Waals surface area (Å²) in [7, 11) is 1.29. The highest BCUT2D eigenvalue weighted by Crippen LogP contribution is 2.06. The molecule has 15 heavy (non-hydrogen) atoms. The smallest absolute Gasteiger partial charge is 0.407 e. The second kappa shape index (κ2) is 7.09. The van der Waals surface area contributed by atoms with Gasteiger partial charge in [0.25, 0.3) is 0 Å². The molecular weight excluding hydrogens is 198 g/mol. The minimum absolute atomic E-state index is 0.279. The summed E-state index contributed by atoms with van der Waals surface area (Å²) >= 11 is 0. The van der Waals surface area contributed by atoms with Crippen molar-refractivity contribution in [1.82, 2.24) is 5.32 Å². The maximum Gasteiger partial charge on any atom is 0.407 e. The highest BCUT2D eigenvalue weighted by Gasteiger charge is 2.22. The van der Waals surface area contributed by atoms with Crippen molar-refractivity contribution >= 4 is 12.1 Å². The maximum absolute atomic E-state index is 11.3. The molecule has 0 heterocycles. The van der Waals surface area contributed by atoms with E-state index < -0.39 is 18.1 Å². The molecule has 0 rings (SSSR count). The first-order chi connectivity index (χ1) is 7.01. The maximum atomic E-state index is 11.3. The Hall–Kier alpha value is -1.26. The quantitative estimate of drug-likeness (QED) is 0.705. The summed E-state index contributed by atoms with van der Waals surface area (Å²) < 4.78 is 9.27. The minimum Gasteiger partial charge on any atom is -0.467 e. The Morgan fingerprint density at radius 2 is 1.93 bits per heavy atom. The minimum atomic E-state index is -0.631. The van der Waals surface area contributed by atoms with E-state index in [0.29, 0.717) is 6.42 Å². The van der Waals surface area contributed by atoms with Crippen LogP contribution in [0.25, 0.3) is 0 Å². The van der Waals surface area contributed by atoms with Crippen LogP contribution in [-0.2, 0) is 14.3 Å². The SMILES string of the molecule is CCOC(=O)N[C@@H](CC(C)C)C(=O)OC. The van der Waals surface area contributed by atoms with Crippen LogP contribution in [-0.4, -0.2) is 31.8 Å². The van der Waals surface area contributed by atoms with E-state index in [1.54, 1.807) is 6.92 Å². The van der Waals surface area contributed by atoms with Crippen molar-refractivity contribution < 1.29 is 19.1 Å². The molecule has 1 amide bonds. The summed E-state index contributed by atoms with van der Waals surface area (Å²) in [5.74, 6) is -0.159. The zero-order valence-corrected chi connectivity index (χ0v) is 9.70. The number of hydrogen-bond donors (Lipinski definition) is 1. The van der Waals surface area contributed by atoms with Gasteiger partial charge in [0.2, 0.25) is 0 Å². The zero-order valence-electron chi connectivity index (χ0n) is 9.70. The van der Waals surface area contributed by atoms with E-state index in [-0.39, 0.29) is 12.5 Å². The van der Waals surface area contributed by atoms with E-state index in [4.69, 9.17) is 4.74 Å². The number of rotatable bonds is 5. The van der Waals surface area contributed by atoms with E-state index in [1.807, 2.05) is 13.8 Å². The van der Waals surface area contributed by atoms with Crippen molar-refractivity contribution in [2.45, 2.75) is 33.2 Å². The molecule has 5 heteroatoms. The fraction of sp³-hybridized carbons (Fsp3) is 0.800. The molecule has 0 aromatic heterocycles. The lowest BCUT2D eigenvalue weighted by atomic mass is 10.0. The molecule has 0 aliphatic heterocycles. The molecule has 1 N–H and O–H groups in total. The first-order valence-corrected chi connectivity index (χ1v) is 5.02. The highest BCUT2D eigenvalue weighted by molar-refractivity contribution is 5.81. The molecule has 0 saturated heterocycles. The van der Waals surface area contributed by atoms with Gasteiger partial charge in [-0.1, -0.05) is 13.8 Å². The van der Waals surface area contributed by atoms with E-state index in [9.17, 15) is 9.59 Å². The number of hydrogen-bond acceptors (Lipinski definition) is 4. The second-order valence-corrected chi connectivity index (χ2v) is 3.57. The third-order valence-corrected chi connectivity index (χ3v) is 1.76. The van der Waals surface area contributed by atoms with Crippen molar-refractivity contribution in [3.05, 3.63) is 0 Å². The molecule has 0 aliphatic rings. The van der Waals surface area contributed by atoms with Gasteiger partial charge in [-0.3, -0.25) is 0 Å². The normalized spacial score (nSPS) is 12.1. The lowest BCUT2D eigenvalue weighted by Gasteiger charge is -2.17. The van der Waals surface area contributed by atoms with Crippen molar-refractivity contribution in [2.75, 3.05) is 13.7 Å². The largest absolute Gasteiger partial charge is 0.467 e. The number of alkyl carbamates (subject to hydrolysis) is 1. The van der Waals surface area contributed by atoms with Crippen LogP contribution in [0.1, 0.15) is 27.2 Å². The molecule has 1 atom stereocenters. The Labute approximate surface area is 90.1 Å². The fourth-order valence-corrected chi connectivity index (χ4v) is 1.14. The Kier molecular flexibility index (Phi) is 6.49. The van der Waals surface area contributed by atoms with Gasteiger partial charge in [-0.05, 0) is 19.3 Å². The van der Waals surface area contributed by atoms with Gasteiger partial charge in [0.1, 0.15) is 6.04 Å². The molecule has 0 aliphatic carbocycles. The van der Waals surface area contributed by atoms with Crippen LogP contribution in [0.4, 0.5) is 4.79 Å². The average Bonchev–Trinajstić information content (AvgIpc) is 2.15. The average molecular weight is 217 g/mol. The standard InChI is InChI=1S/C10H19NO4/c1-5-15-10(13)11-8(6-7(2)3)9(12)14-4/h7-8H,5-6H2,1-4H3,(H,11,13)/t8-/m0/s1. The molecule has 0 fully saturated rings. The monoisotopic (exact) mass is 217 g/mol. The summed E-state index contributed by atoms with van der Waals surface area (Å²) in [4.78, 5) is 22.4. The molecule has 5 nitrogen and oxygen atoms in total. The molecule has 0 radical (unpaired) electrons. The van der Waals surface area contributed by atoms with Gasteiger partial charge in [-0.25, -0.2) is 9.59 Å². The number of amides is 1. The van der Waals surface area contributed by atoms with Crippen LogP contribution in [0.2, 0.25) is 0 Å². The van der Waals surface area contributed by atoms with Gasteiger partial charge in [-0.15, -0.1) is 0 Å². The Morgan fingerprint density at radius 3 is 2.33 bits per heavy atom. The topological polar surface area (TPSA) is 64.6 Å². The molecule has 0 unspecified atom stereocenters. The van der Waals surface area contributed by atoms with Gasteiger partial charge in [0.05, 0.1) is 13.7 Å². The number of carbonyl (C=O) groups is 2. The van der Waals surface area contributed by atoms with E-state index in [2.05, 4.69) is 10.1 Å². The van der Waals surface area contributed by atoms with E-state index >= 15 is 0 Å². The number of ether oxygens (including phenoxy) is 2. The predicted octanol–water partition coefficient (Wildman–Crippen LogP) is 1.32. The van der Waals surface area contributed by atoms with Crippen molar-refractivity contribution in [2.24, 2.45) is 5.92 Å². The highest BCUT2D eigenvalue weighted by atomic mass is 16.6. The molecule has 0 aromatic carbocycles.